The highest BCUT2D eigenvalue weighted by Gasteiger charge is 2.45. The van der Waals surface area contributed by atoms with Gasteiger partial charge in [0.05, 0.1) is 18.4 Å². The predicted octanol–water partition coefficient (Wildman–Crippen LogP) is 1.31. The van der Waals surface area contributed by atoms with Crippen molar-refractivity contribution < 1.29 is 14.4 Å². The van der Waals surface area contributed by atoms with Crippen molar-refractivity contribution in [3.8, 4) is 0 Å². The average molecular weight is 331 g/mol. The highest BCUT2D eigenvalue weighted by atomic mass is 16.7. The molecule has 0 radical (unpaired) electrons. The van der Waals surface area contributed by atoms with Crippen LogP contribution in [0.4, 0.5) is 10.5 Å². The number of rotatable bonds is 2. The quantitative estimate of drug-likeness (QED) is 0.885. The Labute approximate surface area is 140 Å². The fourth-order valence-corrected chi connectivity index (χ4v) is 3.05. The highest BCUT2D eigenvalue weighted by Crippen LogP contribution is 2.34. The van der Waals surface area contributed by atoms with Crippen molar-refractivity contribution in [1.29, 1.82) is 0 Å². The summed E-state index contributed by atoms with van der Waals surface area (Å²) < 4.78 is 0. The van der Waals surface area contributed by atoms with Crippen molar-refractivity contribution in [1.82, 2.24) is 14.8 Å². The lowest BCUT2D eigenvalue weighted by atomic mass is 9.88. The number of carbonyl (C=O) groups excluding carboxylic acids is 2. The lowest BCUT2D eigenvalue weighted by Gasteiger charge is -2.39. The van der Waals surface area contributed by atoms with Crippen molar-refractivity contribution in [2.45, 2.75) is 24.9 Å². The molecule has 1 N–H and O–H groups in total. The molecule has 3 amide bonds. The first-order valence-electron chi connectivity index (χ1n) is 7.92. The molecule has 1 aromatic rings. The fourth-order valence-electron chi connectivity index (χ4n) is 3.05. The zero-order valence-electron chi connectivity index (χ0n) is 13.9. The van der Waals surface area contributed by atoms with Crippen LogP contribution in [0.15, 0.2) is 29.7 Å². The highest BCUT2D eigenvalue weighted by molar-refractivity contribution is 6.43. The molecular formula is C16H21N5O3. The van der Waals surface area contributed by atoms with Crippen LogP contribution in [0.1, 0.15) is 19.3 Å². The smallest absolute Gasteiger partial charge is 0.319 e. The van der Waals surface area contributed by atoms with Crippen molar-refractivity contribution in [3.63, 3.8) is 0 Å². The van der Waals surface area contributed by atoms with Crippen molar-refractivity contribution in [3.05, 3.63) is 24.5 Å². The summed E-state index contributed by atoms with van der Waals surface area (Å²) in [5.41, 5.74) is 0.364. The molecule has 0 unspecified atom stereocenters. The first-order valence-corrected chi connectivity index (χ1v) is 7.92. The molecule has 8 heteroatoms. The van der Waals surface area contributed by atoms with Crippen LogP contribution in [0, 0.1) is 0 Å². The number of piperidine rings is 1. The van der Waals surface area contributed by atoms with Crippen LogP contribution in [0.3, 0.4) is 0 Å². The molecule has 1 saturated heterocycles. The van der Waals surface area contributed by atoms with E-state index in [9.17, 15) is 9.59 Å². The van der Waals surface area contributed by atoms with E-state index in [1.165, 1.54) is 0 Å². The maximum Gasteiger partial charge on any atom is 0.319 e. The molecule has 128 valence electrons. The van der Waals surface area contributed by atoms with E-state index in [1.807, 2.05) is 0 Å². The molecule has 2 aliphatic heterocycles. The topological polar surface area (TPSA) is 87.1 Å². The van der Waals surface area contributed by atoms with Gasteiger partial charge in [0, 0.05) is 33.3 Å². The van der Waals surface area contributed by atoms with Gasteiger partial charge in [-0.2, -0.15) is 0 Å². The number of oxime groups is 1. The summed E-state index contributed by atoms with van der Waals surface area (Å²) in [6.07, 6.45) is 5.21. The van der Waals surface area contributed by atoms with Gasteiger partial charge in [0.1, 0.15) is 5.71 Å². The van der Waals surface area contributed by atoms with Crippen LogP contribution in [0.2, 0.25) is 0 Å². The number of aromatic nitrogens is 1. The van der Waals surface area contributed by atoms with Crippen molar-refractivity contribution in [2.75, 3.05) is 32.5 Å². The molecule has 8 nitrogen and oxygen atoms in total. The number of likely N-dealkylation sites (tertiary alicyclic amines) is 1. The van der Waals surface area contributed by atoms with Crippen molar-refractivity contribution in [2.24, 2.45) is 5.16 Å². The monoisotopic (exact) mass is 331 g/mol. The number of anilines is 1. The Morgan fingerprint density at radius 3 is 2.96 bits per heavy atom. The van der Waals surface area contributed by atoms with Gasteiger partial charge in [0.15, 0.2) is 5.60 Å². The van der Waals surface area contributed by atoms with Crippen LogP contribution in [0.25, 0.3) is 0 Å². The number of amides is 3. The Balaban J connectivity index is 1.63. The summed E-state index contributed by atoms with van der Waals surface area (Å²) in [5, 5.41) is 6.74. The zero-order valence-corrected chi connectivity index (χ0v) is 13.9. The van der Waals surface area contributed by atoms with E-state index < -0.39 is 5.60 Å². The first kappa shape index (κ1) is 16.2. The molecule has 1 fully saturated rings. The number of carbonyl (C=O) groups is 2. The lowest BCUT2D eigenvalue weighted by Crippen LogP contribution is -2.53. The number of hydrogen-bond donors (Lipinski definition) is 1. The molecule has 3 rings (SSSR count). The normalized spacial score (nSPS) is 22.8. The molecule has 1 spiro atoms. The number of pyridine rings is 1. The molecule has 1 aromatic heterocycles. The van der Waals surface area contributed by atoms with E-state index in [0.717, 1.165) is 12.8 Å². The molecule has 1 atom stereocenters. The van der Waals surface area contributed by atoms with Crippen LogP contribution in [0.5, 0.6) is 0 Å². The molecular weight excluding hydrogens is 310 g/mol. The summed E-state index contributed by atoms with van der Waals surface area (Å²) >= 11 is 0. The van der Waals surface area contributed by atoms with Gasteiger partial charge in [-0.05, 0) is 25.0 Å². The molecule has 3 heterocycles. The van der Waals surface area contributed by atoms with Gasteiger partial charge < -0.3 is 20.0 Å². The van der Waals surface area contributed by atoms with Crippen molar-refractivity contribution >= 4 is 23.3 Å². The first-order chi connectivity index (χ1) is 11.5. The van der Waals surface area contributed by atoms with Gasteiger partial charge in [-0.3, -0.25) is 9.78 Å². The lowest BCUT2D eigenvalue weighted by molar-refractivity contribution is -0.110. The molecule has 24 heavy (non-hydrogen) atoms. The minimum Gasteiger partial charge on any atom is -0.386 e. The zero-order chi connectivity index (χ0) is 17.2. The second-order valence-electron chi connectivity index (χ2n) is 6.39. The third kappa shape index (κ3) is 3.32. The van der Waals surface area contributed by atoms with E-state index in [2.05, 4.69) is 15.5 Å². The van der Waals surface area contributed by atoms with E-state index in [-0.39, 0.29) is 11.9 Å². The maximum absolute atomic E-state index is 12.3. The third-order valence-corrected chi connectivity index (χ3v) is 4.21. The van der Waals surface area contributed by atoms with Gasteiger partial charge in [0.25, 0.3) is 5.91 Å². The van der Waals surface area contributed by atoms with Gasteiger partial charge in [-0.15, -0.1) is 0 Å². The van der Waals surface area contributed by atoms with E-state index in [1.54, 1.807) is 48.4 Å². The molecule has 0 aliphatic carbocycles. The van der Waals surface area contributed by atoms with Crippen LogP contribution < -0.4 is 5.32 Å². The van der Waals surface area contributed by atoms with E-state index in [0.29, 0.717) is 30.9 Å². The summed E-state index contributed by atoms with van der Waals surface area (Å²) in [4.78, 5) is 37.4. The Morgan fingerprint density at radius 1 is 1.42 bits per heavy atom. The fraction of sp³-hybridized carbons (Fsp3) is 0.500. The molecule has 2 aliphatic rings. The summed E-state index contributed by atoms with van der Waals surface area (Å²) in [6, 6.07) is 3.45. The number of urea groups is 1. The van der Waals surface area contributed by atoms with Gasteiger partial charge in [-0.1, -0.05) is 5.16 Å². The van der Waals surface area contributed by atoms with E-state index >= 15 is 0 Å². The Hall–Kier alpha value is -2.64. The minimum absolute atomic E-state index is 0.0501. The summed E-state index contributed by atoms with van der Waals surface area (Å²) in [7, 11) is 3.45. The minimum atomic E-state index is -0.592. The van der Waals surface area contributed by atoms with Crippen LogP contribution in [-0.4, -0.2) is 65.2 Å². The third-order valence-electron chi connectivity index (χ3n) is 4.21. The Kier molecular flexibility index (Phi) is 4.37. The second kappa shape index (κ2) is 6.46. The summed E-state index contributed by atoms with van der Waals surface area (Å²) in [5.74, 6) is -0.295. The SMILES string of the molecule is CN(C)C(=O)N1CCC[C@@]2(CC(C(=O)Nc3cccnc3)=NO2)C1. The largest absolute Gasteiger partial charge is 0.386 e. The average Bonchev–Trinajstić information content (AvgIpc) is 2.98. The van der Waals surface area contributed by atoms with Gasteiger partial charge in [-0.25, -0.2) is 4.79 Å². The van der Waals surface area contributed by atoms with Crippen LogP contribution in [-0.2, 0) is 9.63 Å². The van der Waals surface area contributed by atoms with Gasteiger partial charge >= 0.3 is 6.03 Å². The maximum atomic E-state index is 12.3. The molecule has 0 aromatic carbocycles. The summed E-state index contributed by atoms with van der Waals surface area (Å²) in [6.45, 7) is 1.14. The van der Waals surface area contributed by atoms with Crippen LogP contribution >= 0.6 is 0 Å². The van der Waals surface area contributed by atoms with E-state index in [4.69, 9.17) is 4.84 Å². The second-order valence-corrected chi connectivity index (χ2v) is 6.39. The Bertz CT molecular complexity index is 661. The number of hydrogen-bond acceptors (Lipinski definition) is 5. The van der Waals surface area contributed by atoms with Gasteiger partial charge in [0.2, 0.25) is 0 Å². The molecule has 0 bridgehead atoms. The Morgan fingerprint density at radius 2 is 2.25 bits per heavy atom. The number of nitrogens with one attached hydrogen (secondary N) is 1. The number of nitrogens with zero attached hydrogens (tertiary/aromatic N) is 4. The molecule has 0 saturated carbocycles. The standard InChI is InChI=1S/C16H21N5O3/c1-20(2)15(23)21-8-4-6-16(11-21)9-13(19-24-16)14(22)18-12-5-3-7-17-10-12/h3,5,7,10H,4,6,8-9,11H2,1-2H3,(H,18,22)/t16-/m1/s1. The predicted molar refractivity (Wildman–Crippen MR) is 88.6 cm³/mol.